The zero-order valence-electron chi connectivity index (χ0n) is 13.8. The van der Waals surface area contributed by atoms with Crippen LogP contribution in [0.5, 0.6) is 0 Å². The van der Waals surface area contributed by atoms with E-state index in [-0.39, 0.29) is 6.42 Å². The van der Waals surface area contributed by atoms with Crippen molar-refractivity contribution in [2.24, 2.45) is 5.92 Å². The van der Waals surface area contributed by atoms with Crippen molar-refractivity contribution in [1.82, 2.24) is 10.3 Å². The Kier molecular flexibility index (Phi) is 5.32. The molecule has 0 amide bonds. The molecule has 1 aromatic rings. The lowest BCUT2D eigenvalue weighted by Crippen LogP contribution is -2.30. The molecule has 7 heteroatoms. The maximum Gasteiger partial charge on any atom is 0.395 e. The molecule has 2 atom stereocenters. The summed E-state index contributed by atoms with van der Waals surface area (Å²) in [5, 5.41) is 16.2. The second-order valence-electron chi connectivity index (χ2n) is 6.44. The summed E-state index contributed by atoms with van der Waals surface area (Å²) in [5.41, 5.74) is 2.62. The van der Waals surface area contributed by atoms with E-state index in [4.69, 9.17) is 0 Å². The Hall–Kier alpha value is -2.02. The molecule has 1 aliphatic heterocycles. The first-order chi connectivity index (χ1) is 11.9. The minimum atomic E-state index is -4.22. The predicted molar refractivity (Wildman–Crippen MR) is 89.9 cm³/mol. The van der Waals surface area contributed by atoms with E-state index in [1.54, 1.807) is 0 Å². The van der Waals surface area contributed by atoms with Gasteiger partial charge in [-0.1, -0.05) is 18.2 Å². The van der Waals surface area contributed by atoms with Crippen molar-refractivity contribution >= 4 is 5.82 Å². The lowest BCUT2D eigenvalue weighted by Gasteiger charge is -2.22. The number of nitrogens with zero attached hydrogens (tertiary/aromatic N) is 1. The Morgan fingerprint density at radius 2 is 2.20 bits per heavy atom. The zero-order chi connectivity index (χ0) is 17.9. The van der Waals surface area contributed by atoms with E-state index < -0.39 is 18.3 Å². The summed E-state index contributed by atoms with van der Waals surface area (Å²) in [5.74, 6) is -0.523. The van der Waals surface area contributed by atoms with Gasteiger partial charge in [-0.2, -0.15) is 13.2 Å². The number of hydrogen-bond donors (Lipinski definition) is 3. The van der Waals surface area contributed by atoms with Gasteiger partial charge < -0.3 is 15.7 Å². The Balaban J connectivity index is 1.48. The van der Waals surface area contributed by atoms with Gasteiger partial charge in [-0.25, -0.2) is 4.98 Å². The molecule has 25 heavy (non-hydrogen) atoms. The second-order valence-corrected chi connectivity index (χ2v) is 6.44. The molecule has 2 heterocycles. The van der Waals surface area contributed by atoms with Gasteiger partial charge in [0.2, 0.25) is 0 Å². The third-order valence-corrected chi connectivity index (χ3v) is 4.48. The largest absolute Gasteiger partial charge is 0.395 e. The predicted octanol–water partition coefficient (Wildman–Crippen LogP) is 3.30. The van der Waals surface area contributed by atoms with Crippen LogP contribution in [0.15, 0.2) is 36.1 Å². The lowest BCUT2D eigenvalue weighted by molar-refractivity contribution is -0.160. The number of aliphatic hydroxyl groups is 1. The Labute approximate surface area is 144 Å². The minimum Gasteiger partial charge on any atom is -0.374 e. The molecule has 0 saturated heterocycles. The van der Waals surface area contributed by atoms with Crippen molar-refractivity contribution in [3.05, 3.63) is 47.3 Å². The monoisotopic (exact) mass is 353 g/mol. The molecule has 0 fully saturated rings. The van der Waals surface area contributed by atoms with Crippen molar-refractivity contribution < 1.29 is 18.3 Å². The van der Waals surface area contributed by atoms with Crippen molar-refractivity contribution in [1.29, 1.82) is 0 Å². The van der Waals surface area contributed by atoms with Crippen molar-refractivity contribution in [2.45, 2.75) is 44.5 Å². The molecule has 0 aromatic carbocycles. The van der Waals surface area contributed by atoms with E-state index in [1.807, 2.05) is 6.07 Å². The molecule has 2 aliphatic rings. The number of aliphatic hydroxyl groups excluding tert-OH is 1. The molecule has 0 spiro atoms. The fourth-order valence-electron chi connectivity index (χ4n) is 3.03. The summed E-state index contributed by atoms with van der Waals surface area (Å²) in [6, 6.07) is 4.03. The van der Waals surface area contributed by atoms with Gasteiger partial charge in [0.05, 0.1) is 5.92 Å². The van der Waals surface area contributed by atoms with Gasteiger partial charge in [0.15, 0.2) is 0 Å². The van der Waals surface area contributed by atoms with Crippen molar-refractivity contribution in [3.63, 3.8) is 0 Å². The summed E-state index contributed by atoms with van der Waals surface area (Å²) in [7, 11) is 0. The maximum atomic E-state index is 12.6. The number of anilines is 1. The Morgan fingerprint density at radius 3 is 2.92 bits per heavy atom. The van der Waals surface area contributed by atoms with Crippen LogP contribution in [0.2, 0.25) is 0 Å². The standard InChI is InChI=1S/C18H22F3N3O/c19-18(20,21)13-4-7-14(8-5-13)23-16(25)10-9-15-6-3-12-2-1-11-22-17(12)24-15/h3-4,6-8,13,16,23,25H,1-2,5,9-11H2,(H,22,24). The molecule has 1 aromatic heterocycles. The smallest absolute Gasteiger partial charge is 0.374 e. The number of aromatic nitrogens is 1. The quantitative estimate of drug-likeness (QED) is 0.711. The number of hydrogen-bond acceptors (Lipinski definition) is 4. The van der Waals surface area contributed by atoms with Crippen LogP contribution in [-0.2, 0) is 12.8 Å². The number of aryl methyl sites for hydroxylation is 2. The van der Waals surface area contributed by atoms with Gasteiger partial charge in [0, 0.05) is 17.9 Å². The average Bonchev–Trinajstić information content (AvgIpc) is 2.59. The zero-order valence-corrected chi connectivity index (χ0v) is 13.8. The highest BCUT2D eigenvalue weighted by molar-refractivity contribution is 5.47. The highest BCUT2D eigenvalue weighted by Gasteiger charge is 2.37. The molecule has 2 unspecified atom stereocenters. The molecule has 0 saturated carbocycles. The van der Waals surface area contributed by atoms with Crippen LogP contribution < -0.4 is 10.6 Å². The average molecular weight is 353 g/mol. The third kappa shape index (κ3) is 4.75. The van der Waals surface area contributed by atoms with Gasteiger partial charge in [-0.3, -0.25) is 0 Å². The molecule has 0 radical (unpaired) electrons. The second kappa shape index (κ2) is 7.47. The van der Waals surface area contributed by atoms with Gasteiger partial charge in [0.1, 0.15) is 12.0 Å². The third-order valence-electron chi connectivity index (χ3n) is 4.48. The van der Waals surface area contributed by atoms with Crippen molar-refractivity contribution in [3.8, 4) is 0 Å². The molecule has 3 N–H and O–H groups in total. The molecular weight excluding hydrogens is 331 g/mol. The lowest BCUT2D eigenvalue weighted by atomic mass is 9.99. The van der Waals surface area contributed by atoms with Crippen LogP contribution in [0.4, 0.5) is 19.0 Å². The molecule has 0 bridgehead atoms. The first kappa shape index (κ1) is 17.8. The summed E-state index contributed by atoms with van der Waals surface area (Å²) >= 11 is 0. The number of alkyl halides is 3. The topological polar surface area (TPSA) is 57.2 Å². The molecule has 1 aliphatic carbocycles. The summed E-state index contributed by atoms with van der Waals surface area (Å²) < 4.78 is 37.8. The van der Waals surface area contributed by atoms with E-state index in [0.717, 1.165) is 37.0 Å². The van der Waals surface area contributed by atoms with Gasteiger partial charge in [-0.05, 0) is 49.8 Å². The molecule has 3 rings (SSSR count). The van der Waals surface area contributed by atoms with Gasteiger partial charge in [-0.15, -0.1) is 0 Å². The molecule has 4 nitrogen and oxygen atoms in total. The van der Waals surface area contributed by atoms with Crippen LogP contribution in [0.25, 0.3) is 0 Å². The summed E-state index contributed by atoms with van der Waals surface area (Å²) in [4.78, 5) is 4.57. The van der Waals surface area contributed by atoms with Crippen LogP contribution in [0.3, 0.4) is 0 Å². The Bertz CT molecular complexity index is 670. The summed E-state index contributed by atoms with van der Waals surface area (Å²) in [6.07, 6.45) is 1.99. The highest BCUT2D eigenvalue weighted by Crippen LogP contribution is 2.32. The van der Waals surface area contributed by atoms with E-state index in [9.17, 15) is 18.3 Å². The van der Waals surface area contributed by atoms with E-state index in [1.165, 1.54) is 17.7 Å². The first-order valence-electron chi connectivity index (χ1n) is 8.54. The normalized spacial score (nSPS) is 21.1. The van der Waals surface area contributed by atoms with Crippen LogP contribution in [0.1, 0.15) is 30.5 Å². The SMILES string of the molecule is OC(CCc1ccc2c(n1)NCCC2)NC1=CCC(C(F)(F)F)C=C1. The molecule has 136 valence electrons. The molecular formula is C18H22F3N3O. The van der Waals surface area contributed by atoms with Crippen LogP contribution >= 0.6 is 0 Å². The first-order valence-corrected chi connectivity index (χ1v) is 8.54. The number of pyridine rings is 1. The fraction of sp³-hybridized carbons (Fsp3) is 0.500. The number of fused-ring (bicyclic) bond motifs is 1. The fourth-order valence-corrected chi connectivity index (χ4v) is 3.03. The van der Waals surface area contributed by atoms with E-state index in [2.05, 4.69) is 21.7 Å². The van der Waals surface area contributed by atoms with Crippen molar-refractivity contribution in [2.75, 3.05) is 11.9 Å². The van der Waals surface area contributed by atoms with Gasteiger partial charge in [0.25, 0.3) is 0 Å². The van der Waals surface area contributed by atoms with E-state index in [0.29, 0.717) is 18.5 Å². The van der Waals surface area contributed by atoms with E-state index >= 15 is 0 Å². The van der Waals surface area contributed by atoms with Gasteiger partial charge >= 0.3 is 6.18 Å². The maximum absolute atomic E-state index is 12.6. The number of nitrogens with one attached hydrogen (secondary N) is 2. The number of rotatable bonds is 5. The minimum absolute atomic E-state index is 0.104. The summed E-state index contributed by atoms with van der Waals surface area (Å²) in [6.45, 7) is 0.924. The highest BCUT2D eigenvalue weighted by atomic mass is 19.4. The Morgan fingerprint density at radius 1 is 1.36 bits per heavy atom. The number of halogens is 3. The van der Waals surface area contributed by atoms with Crippen LogP contribution in [-0.4, -0.2) is 29.0 Å². The van der Waals surface area contributed by atoms with Crippen LogP contribution in [0, 0.1) is 5.92 Å². The number of allylic oxidation sites excluding steroid dienone is 3.